The molecule has 1 aliphatic heterocycles. The van der Waals surface area contributed by atoms with Gasteiger partial charge in [0, 0.05) is 24.3 Å². The van der Waals surface area contributed by atoms with Crippen LogP contribution in [-0.4, -0.2) is 18.4 Å². The molecular weight excluding hydrogens is 348 g/mol. The van der Waals surface area contributed by atoms with Crippen molar-refractivity contribution in [2.45, 2.75) is 52.4 Å². The molecule has 3 rings (SSSR count). The lowest BCUT2D eigenvalue weighted by Crippen LogP contribution is -2.28. The number of aryl methyl sites for hydroxylation is 1. The fraction of sp³-hybridized carbons (Fsp3) is 0.417. The van der Waals surface area contributed by atoms with Crippen LogP contribution in [-0.2, 0) is 16.0 Å². The average molecular weight is 379 g/mol. The number of amides is 2. The second-order valence-corrected chi connectivity index (χ2v) is 7.91. The van der Waals surface area contributed by atoms with Gasteiger partial charge in [-0.1, -0.05) is 57.5 Å². The van der Waals surface area contributed by atoms with Gasteiger partial charge in [0.2, 0.25) is 11.8 Å². The lowest BCUT2D eigenvalue weighted by Gasteiger charge is -2.18. The predicted octanol–water partition coefficient (Wildman–Crippen LogP) is 5.14. The molecule has 1 saturated heterocycles. The Morgan fingerprint density at radius 2 is 1.86 bits per heavy atom. The number of hydrogen-bond donors (Lipinski definition) is 1. The molecule has 148 valence electrons. The number of hydrogen-bond acceptors (Lipinski definition) is 2. The van der Waals surface area contributed by atoms with Crippen molar-refractivity contribution in [3.05, 3.63) is 59.7 Å². The minimum Gasteiger partial charge on any atom is -0.326 e. The van der Waals surface area contributed by atoms with E-state index in [1.165, 1.54) is 18.4 Å². The van der Waals surface area contributed by atoms with Gasteiger partial charge in [-0.15, -0.1) is 0 Å². The highest BCUT2D eigenvalue weighted by molar-refractivity contribution is 6.03. The van der Waals surface area contributed by atoms with Gasteiger partial charge in [-0.25, -0.2) is 0 Å². The molecule has 1 heterocycles. The minimum absolute atomic E-state index is 0.0126. The SMILES string of the molecule is CCCCc1ccc(N2C[C@@H](C(=O)Nc3ccccc3C(C)C)CC2=O)cc1. The van der Waals surface area contributed by atoms with Gasteiger partial charge in [-0.05, 0) is 48.1 Å². The second kappa shape index (κ2) is 9.05. The highest BCUT2D eigenvalue weighted by atomic mass is 16.2. The first-order valence-electron chi connectivity index (χ1n) is 10.3. The Labute approximate surface area is 167 Å². The summed E-state index contributed by atoms with van der Waals surface area (Å²) < 4.78 is 0. The van der Waals surface area contributed by atoms with Gasteiger partial charge in [-0.2, -0.15) is 0 Å². The number of carbonyl (C=O) groups excluding carboxylic acids is 2. The Balaban J connectivity index is 1.66. The molecular formula is C24H30N2O2. The molecule has 2 aromatic rings. The van der Waals surface area contributed by atoms with Crippen LogP contribution in [0.3, 0.4) is 0 Å². The zero-order chi connectivity index (χ0) is 20.1. The van der Waals surface area contributed by atoms with Gasteiger partial charge in [0.1, 0.15) is 0 Å². The van der Waals surface area contributed by atoms with Crippen LogP contribution in [0, 0.1) is 5.92 Å². The minimum atomic E-state index is -0.326. The Morgan fingerprint density at radius 1 is 1.14 bits per heavy atom. The molecule has 0 unspecified atom stereocenters. The zero-order valence-corrected chi connectivity index (χ0v) is 17.1. The van der Waals surface area contributed by atoms with Crippen molar-refractivity contribution in [1.29, 1.82) is 0 Å². The molecule has 0 spiro atoms. The molecule has 0 aromatic heterocycles. The summed E-state index contributed by atoms with van der Waals surface area (Å²) in [4.78, 5) is 27.1. The fourth-order valence-electron chi connectivity index (χ4n) is 3.71. The number of carbonyl (C=O) groups is 2. The van der Waals surface area contributed by atoms with Crippen LogP contribution < -0.4 is 10.2 Å². The van der Waals surface area contributed by atoms with Gasteiger partial charge in [-0.3, -0.25) is 9.59 Å². The maximum atomic E-state index is 12.8. The Bertz CT molecular complexity index is 827. The summed E-state index contributed by atoms with van der Waals surface area (Å²) in [6.45, 7) is 6.83. The third kappa shape index (κ3) is 4.61. The van der Waals surface area contributed by atoms with Crippen molar-refractivity contribution in [2.24, 2.45) is 5.92 Å². The number of nitrogens with one attached hydrogen (secondary N) is 1. The lowest BCUT2D eigenvalue weighted by molar-refractivity contribution is -0.122. The topological polar surface area (TPSA) is 49.4 Å². The molecule has 0 saturated carbocycles. The summed E-state index contributed by atoms with van der Waals surface area (Å²) in [6.07, 6.45) is 3.66. The van der Waals surface area contributed by atoms with E-state index in [4.69, 9.17) is 0 Å². The molecule has 1 atom stereocenters. The van der Waals surface area contributed by atoms with Crippen LogP contribution >= 0.6 is 0 Å². The molecule has 1 fully saturated rings. The summed E-state index contributed by atoms with van der Waals surface area (Å²) in [6, 6.07) is 16.0. The summed E-state index contributed by atoms with van der Waals surface area (Å²) in [5.74, 6) is -0.0703. The highest BCUT2D eigenvalue weighted by Gasteiger charge is 2.35. The average Bonchev–Trinajstić information content (AvgIpc) is 3.09. The number of anilines is 2. The van der Waals surface area contributed by atoms with Crippen molar-refractivity contribution in [2.75, 3.05) is 16.8 Å². The van der Waals surface area contributed by atoms with E-state index in [0.717, 1.165) is 23.4 Å². The summed E-state index contributed by atoms with van der Waals surface area (Å²) >= 11 is 0. The van der Waals surface area contributed by atoms with Crippen LogP contribution in [0.5, 0.6) is 0 Å². The first kappa shape index (κ1) is 20.1. The number of rotatable bonds is 7. The maximum absolute atomic E-state index is 12.8. The molecule has 1 N–H and O–H groups in total. The third-order valence-corrected chi connectivity index (χ3v) is 5.40. The molecule has 4 heteroatoms. The lowest BCUT2D eigenvalue weighted by atomic mass is 10.0. The number of unbranched alkanes of at least 4 members (excludes halogenated alkanes) is 1. The smallest absolute Gasteiger partial charge is 0.229 e. The van der Waals surface area contributed by atoms with Crippen molar-refractivity contribution >= 4 is 23.2 Å². The number of nitrogens with zero attached hydrogens (tertiary/aromatic N) is 1. The van der Waals surface area contributed by atoms with Crippen LogP contribution in [0.2, 0.25) is 0 Å². The van der Waals surface area contributed by atoms with Crippen LogP contribution in [0.25, 0.3) is 0 Å². The van der Waals surface area contributed by atoms with Crippen LogP contribution in [0.15, 0.2) is 48.5 Å². The maximum Gasteiger partial charge on any atom is 0.229 e. The standard InChI is InChI=1S/C24H30N2O2/c1-4-5-8-18-11-13-20(14-12-18)26-16-19(15-23(26)27)24(28)25-22-10-7-6-9-21(22)17(2)3/h6-7,9-14,17,19H,4-5,8,15-16H2,1-3H3,(H,25,28)/t19-/m0/s1. The van der Waals surface area contributed by atoms with Gasteiger partial charge >= 0.3 is 0 Å². The first-order valence-corrected chi connectivity index (χ1v) is 10.3. The quantitative estimate of drug-likeness (QED) is 0.725. The van der Waals surface area contributed by atoms with Crippen molar-refractivity contribution < 1.29 is 9.59 Å². The van der Waals surface area contributed by atoms with Crippen LogP contribution in [0.4, 0.5) is 11.4 Å². The van der Waals surface area contributed by atoms with Crippen molar-refractivity contribution in [3.63, 3.8) is 0 Å². The molecule has 1 aliphatic rings. The van der Waals surface area contributed by atoms with E-state index < -0.39 is 0 Å². The van der Waals surface area contributed by atoms with Gasteiger partial charge in [0.25, 0.3) is 0 Å². The molecule has 0 radical (unpaired) electrons. The second-order valence-electron chi connectivity index (χ2n) is 7.91. The Kier molecular flexibility index (Phi) is 6.50. The van der Waals surface area contributed by atoms with Crippen molar-refractivity contribution in [1.82, 2.24) is 0 Å². The van der Waals surface area contributed by atoms with E-state index in [1.807, 2.05) is 36.4 Å². The Morgan fingerprint density at radius 3 is 2.54 bits per heavy atom. The summed E-state index contributed by atoms with van der Waals surface area (Å²) in [5.41, 5.74) is 4.12. The summed E-state index contributed by atoms with van der Waals surface area (Å²) in [5, 5.41) is 3.04. The van der Waals surface area contributed by atoms with Gasteiger partial charge < -0.3 is 10.2 Å². The molecule has 2 aromatic carbocycles. The van der Waals surface area contributed by atoms with E-state index in [0.29, 0.717) is 12.5 Å². The third-order valence-electron chi connectivity index (χ3n) is 5.40. The van der Waals surface area contributed by atoms with E-state index in [-0.39, 0.29) is 24.2 Å². The number of para-hydroxylation sites is 1. The summed E-state index contributed by atoms with van der Waals surface area (Å²) in [7, 11) is 0. The largest absolute Gasteiger partial charge is 0.326 e. The predicted molar refractivity (Wildman–Crippen MR) is 115 cm³/mol. The molecule has 0 bridgehead atoms. The van der Waals surface area contributed by atoms with E-state index in [9.17, 15) is 9.59 Å². The monoisotopic (exact) mass is 378 g/mol. The van der Waals surface area contributed by atoms with Gasteiger partial charge in [0.15, 0.2) is 0 Å². The highest BCUT2D eigenvalue weighted by Crippen LogP contribution is 2.28. The molecule has 0 aliphatic carbocycles. The zero-order valence-electron chi connectivity index (χ0n) is 17.1. The van der Waals surface area contributed by atoms with Crippen LogP contribution in [0.1, 0.15) is 57.1 Å². The number of benzene rings is 2. The molecule has 28 heavy (non-hydrogen) atoms. The first-order chi connectivity index (χ1) is 13.5. The van der Waals surface area contributed by atoms with E-state index >= 15 is 0 Å². The van der Waals surface area contributed by atoms with E-state index in [2.05, 4.69) is 38.2 Å². The normalized spacial score (nSPS) is 16.6. The Hall–Kier alpha value is -2.62. The molecule has 2 amide bonds. The molecule has 4 nitrogen and oxygen atoms in total. The van der Waals surface area contributed by atoms with E-state index in [1.54, 1.807) is 4.90 Å². The fourth-order valence-corrected chi connectivity index (χ4v) is 3.71. The van der Waals surface area contributed by atoms with Crippen molar-refractivity contribution in [3.8, 4) is 0 Å². The van der Waals surface area contributed by atoms with Gasteiger partial charge in [0.05, 0.1) is 5.92 Å².